The summed E-state index contributed by atoms with van der Waals surface area (Å²) in [4.78, 5) is 0. The van der Waals surface area contributed by atoms with E-state index in [4.69, 9.17) is 0 Å². The second-order valence-corrected chi connectivity index (χ2v) is 3.73. The molecule has 0 unspecified atom stereocenters. The summed E-state index contributed by atoms with van der Waals surface area (Å²) in [5.41, 5.74) is 0. The maximum Gasteiger partial charge on any atom is 0.0894 e. The number of quaternary nitrogens is 1. The van der Waals surface area contributed by atoms with Crippen molar-refractivity contribution in [2.45, 2.75) is 33.1 Å². The third-order valence-electron chi connectivity index (χ3n) is 2.86. The largest absolute Gasteiger partial charge is 0.327 e. The predicted molar refractivity (Wildman–Crippen MR) is 52.0 cm³/mol. The van der Waals surface area contributed by atoms with Crippen molar-refractivity contribution >= 4 is 0 Å². The van der Waals surface area contributed by atoms with Crippen LogP contribution < -0.4 is 0 Å². The number of alkyl halides is 1. The lowest BCUT2D eigenvalue weighted by Crippen LogP contribution is -2.44. The first-order valence-electron chi connectivity index (χ1n) is 5.08. The average molecular weight is 176 g/mol. The molecule has 0 aliphatic carbocycles. The van der Waals surface area contributed by atoms with Crippen LogP contribution in [0.2, 0.25) is 0 Å². The molecule has 0 aliphatic rings. The van der Waals surface area contributed by atoms with Gasteiger partial charge in [-0.05, 0) is 33.1 Å². The molecular weight excluding hydrogens is 153 g/mol. The smallest absolute Gasteiger partial charge is 0.0894 e. The molecular formula is C10H23FN+. The van der Waals surface area contributed by atoms with E-state index in [1.54, 1.807) is 0 Å². The number of hydrogen-bond acceptors (Lipinski definition) is 0. The third-order valence-corrected chi connectivity index (χ3v) is 2.86. The standard InChI is InChI=1S/C10H23FN/c1-4-12(3,5-2)10-8-6-7-9-11/h4-10H2,1-3H3/q+1. The summed E-state index contributed by atoms with van der Waals surface area (Å²) < 4.78 is 12.9. The van der Waals surface area contributed by atoms with Crippen LogP contribution in [-0.2, 0) is 0 Å². The normalized spacial score (nSPS) is 12.0. The highest BCUT2D eigenvalue weighted by molar-refractivity contribution is 4.41. The van der Waals surface area contributed by atoms with Gasteiger partial charge in [0.1, 0.15) is 0 Å². The second-order valence-electron chi connectivity index (χ2n) is 3.73. The Morgan fingerprint density at radius 1 is 1.00 bits per heavy atom. The highest BCUT2D eigenvalue weighted by Gasteiger charge is 2.14. The van der Waals surface area contributed by atoms with E-state index in [0.29, 0.717) is 0 Å². The number of nitrogens with zero attached hydrogens (tertiary/aromatic N) is 1. The second kappa shape index (κ2) is 6.41. The molecule has 0 aromatic heterocycles. The zero-order chi connectivity index (χ0) is 9.45. The Kier molecular flexibility index (Phi) is 6.35. The van der Waals surface area contributed by atoms with Crippen molar-refractivity contribution in [2.75, 3.05) is 33.4 Å². The fraction of sp³-hybridized carbons (Fsp3) is 1.00. The van der Waals surface area contributed by atoms with Crippen LogP contribution in [0.1, 0.15) is 33.1 Å². The predicted octanol–water partition coefficient (Wildman–Crippen LogP) is 2.61. The number of halogens is 1. The van der Waals surface area contributed by atoms with Gasteiger partial charge in [-0.1, -0.05) is 0 Å². The van der Waals surface area contributed by atoms with Crippen LogP contribution in [0, 0.1) is 0 Å². The van der Waals surface area contributed by atoms with Crippen LogP contribution in [0.4, 0.5) is 4.39 Å². The molecule has 2 heteroatoms. The Bertz CT molecular complexity index is 100. The van der Waals surface area contributed by atoms with Crippen LogP contribution in [0.3, 0.4) is 0 Å². The molecule has 0 aromatic rings. The van der Waals surface area contributed by atoms with Crippen LogP contribution in [-0.4, -0.2) is 37.8 Å². The molecule has 0 bridgehead atoms. The average Bonchev–Trinajstić information content (AvgIpc) is 2.12. The van der Waals surface area contributed by atoms with Crippen molar-refractivity contribution in [3.05, 3.63) is 0 Å². The lowest BCUT2D eigenvalue weighted by molar-refractivity contribution is -0.906. The Balaban J connectivity index is 3.45. The molecule has 0 aliphatic heterocycles. The molecule has 12 heavy (non-hydrogen) atoms. The highest BCUT2D eigenvalue weighted by atomic mass is 19.1. The number of unbranched alkanes of at least 4 members (excludes halogenated alkanes) is 2. The molecule has 0 N–H and O–H groups in total. The monoisotopic (exact) mass is 176 g/mol. The van der Waals surface area contributed by atoms with Gasteiger partial charge >= 0.3 is 0 Å². The minimum Gasteiger partial charge on any atom is -0.327 e. The zero-order valence-corrected chi connectivity index (χ0v) is 8.77. The maximum absolute atomic E-state index is 11.8. The lowest BCUT2D eigenvalue weighted by Gasteiger charge is -2.32. The van der Waals surface area contributed by atoms with Gasteiger partial charge in [0.2, 0.25) is 0 Å². The molecule has 0 amide bonds. The molecule has 0 rings (SSSR count). The fourth-order valence-electron chi connectivity index (χ4n) is 1.30. The van der Waals surface area contributed by atoms with Gasteiger partial charge in [0.25, 0.3) is 0 Å². The Morgan fingerprint density at radius 2 is 1.58 bits per heavy atom. The fourth-order valence-corrected chi connectivity index (χ4v) is 1.30. The van der Waals surface area contributed by atoms with E-state index in [9.17, 15) is 4.39 Å². The molecule has 0 atom stereocenters. The quantitative estimate of drug-likeness (QED) is 0.413. The first-order valence-corrected chi connectivity index (χ1v) is 5.08. The topological polar surface area (TPSA) is 0 Å². The van der Waals surface area contributed by atoms with E-state index in [1.807, 2.05) is 0 Å². The van der Waals surface area contributed by atoms with E-state index in [-0.39, 0.29) is 6.67 Å². The number of hydrogen-bond donors (Lipinski definition) is 0. The molecule has 0 heterocycles. The van der Waals surface area contributed by atoms with Crippen LogP contribution in [0.25, 0.3) is 0 Å². The van der Waals surface area contributed by atoms with Gasteiger partial charge in [-0.15, -0.1) is 0 Å². The molecule has 0 radical (unpaired) electrons. The van der Waals surface area contributed by atoms with Crippen molar-refractivity contribution in [1.82, 2.24) is 0 Å². The summed E-state index contributed by atoms with van der Waals surface area (Å²) >= 11 is 0. The Morgan fingerprint density at radius 3 is 2.00 bits per heavy atom. The van der Waals surface area contributed by atoms with Crippen LogP contribution in [0.5, 0.6) is 0 Å². The maximum atomic E-state index is 11.8. The zero-order valence-electron chi connectivity index (χ0n) is 8.77. The van der Waals surface area contributed by atoms with E-state index in [1.165, 1.54) is 26.1 Å². The van der Waals surface area contributed by atoms with Gasteiger partial charge in [-0.3, -0.25) is 4.39 Å². The van der Waals surface area contributed by atoms with Gasteiger partial charge in [0, 0.05) is 0 Å². The van der Waals surface area contributed by atoms with Crippen molar-refractivity contribution in [3.63, 3.8) is 0 Å². The summed E-state index contributed by atoms with van der Waals surface area (Å²) in [6.07, 6.45) is 2.96. The van der Waals surface area contributed by atoms with Gasteiger partial charge in [-0.2, -0.15) is 0 Å². The van der Waals surface area contributed by atoms with E-state index < -0.39 is 0 Å². The minimum atomic E-state index is -0.151. The van der Waals surface area contributed by atoms with Crippen molar-refractivity contribution in [3.8, 4) is 0 Å². The highest BCUT2D eigenvalue weighted by Crippen LogP contribution is 2.06. The molecule has 0 fully saturated rings. The molecule has 0 saturated heterocycles. The van der Waals surface area contributed by atoms with Gasteiger partial charge in [-0.25, -0.2) is 0 Å². The van der Waals surface area contributed by atoms with Crippen molar-refractivity contribution < 1.29 is 8.87 Å². The molecule has 0 aromatic carbocycles. The first kappa shape index (κ1) is 11.9. The summed E-state index contributed by atoms with van der Waals surface area (Å²) in [5.74, 6) is 0. The summed E-state index contributed by atoms with van der Waals surface area (Å²) in [6.45, 7) is 7.87. The molecule has 74 valence electrons. The Labute approximate surface area is 76.2 Å². The summed E-state index contributed by atoms with van der Waals surface area (Å²) in [5, 5.41) is 0. The first-order chi connectivity index (χ1) is 5.68. The van der Waals surface area contributed by atoms with E-state index >= 15 is 0 Å². The minimum absolute atomic E-state index is 0.151. The van der Waals surface area contributed by atoms with Crippen molar-refractivity contribution in [2.24, 2.45) is 0 Å². The van der Waals surface area contributed by atoms with Crippen LogP contribution in [0.15, 0.2) is 0 Å². The summed E-state index contributed by atoms with van der Waals surface area (Å²) in [7, 11) is 2.27. The van der Waals surface area contributed by atoms with Gasteiger partial charge in [0.15, 0.2) is 0 Å². The van der Waals surface area contributed by atoms with Gasteiger partial charge in [0.05, 0.1) is 33.4 Å². The lowest BCUT2D eigenvalue weighted by atomic mass is 10.2. The summed E-state index contributed by atoms with van der Waals surface area (Å²) in [6, 6.07) is 0. The third kappa shape index (κ3) is 4.70. The Hall–Kier alpha value is -0.110. The van der Waals surface area contributed by atoms with E-state index in [2.05, 4.69) is 20.9 Å². The molecule has 0 spiro atoms. The molecule has 1 nitrogen and oxygen atoms in total. The van der Waals surface area contributed by atoms with Crippen LogP contribution >= 0.6 is 0 Å². The number of rotatable bonds is 7. The SMILES string of the molecule is CC[N+](C)(CC)CCCCCF. The van der Waals surface area contributed by atoms with E-state index in [0.717, 1.165) is 17.3 Å². The van der Waals surface area contributed by atoms with Gasteiger partial charge < -0.3 is 4.48 Å². The molecule has 0 saturated carbocycles. The van der Waals surface area contributed by atoms with Crippen molar-refractivity contribution in [1.29, 1.82) is 0 Å².